The van der Waals surface area contributed by atoms with Gasteiger partial charge in [0.1, 0.15) is 0 Å². The number of rotatable bonds is 2. The number of hydrogen-bond acceptors (Lipinski definition) is 4. The van der Waals surface area contributed by atoms with Crippen LogP contribution in [0, 0.1) is 20.2 Å². The molecule has 0 aliphatic rings. The molecule has 0 atom stereocenters. The molecule has 7 nitrogen and oxygen atoms in total. The number of hydrogen-bond donors (Lipinski definition) is 1. The molecule has 1 heterocycles. The number of nitro groups is 2. The number of benzene rings is 1. The first-order chi connectivity index (χ1) is 7.11. The number of aromatic nitrogens is 1. The molecule has 0 spiro atoms. The van der Waals surface area contributed by atoms with Gasteiger partial charge in [-0.2, -0.15) is 0 Å². The minimum absolute atomic E-state index is 0.0347. The van der Waals surface area contributed by atoms with E-state index in [-0.39, 0.29) is 16.8 Å². The summed E-state index contributed by atoms with van der Waals surface area (Å²) in [5.41, 5.74) is -0.159. The molecule has 0 unspecified atom stereocenters. The van der Waals surface area contributed by atoms with Gasteiger partial charge in [-0.05, 0) is 6.07 Å². The summed E-state index contributed by atoms with van der Waals surface area (Å²) in [7, 11) is 0. The van der Waals surface area contributed by atoms with Crippen LogP contribution in [0.5, 0.6) is 0 Å². The van der Waals surface area contributed by atoms with E-state index < -0.39 is 9.85 Å². The van der Waals surface area contributed by atoms with Gasteiger partial charge in [0.05, 0.1) is 21.6 Å². The van der Waals surface area contributed by atoms with Crippen molar-refractivity contribution in [3.05, 3.63) is 44.6 Å². The number of nitrogens with one attached hydrogen (secondary N) is 1. The Labute approximate surface area is 82.6 Å². The van der Waals surface area contributed by atoms with E-state index in [1.54, 1.807) is 6.07 Å². The van der Waals surface area contributed by atoms with Gasteiger partial charge in [0, 0.05) is 6.07 Å². The maximum atomic E-state index is 10.7. The molecule has 0 aliphatic heterocycles. The van der Waals surface area contributed by atoms with E-state index in [1.807, 2.05) is 0 Å². The molecule has 0 saturated carbocycles. The molecule has 76 valence electrons. The Hall–Kier alpha value is -2.44. The largest absolute Gasteiger partial charge is 0.355 e. The fraction of sp³-hybridized carbons (Fsp3) is 0. The Balaban J connectivity index is 2.86. The monoisotopic (exact) mass is 207 g/mol. The average Bonchev–Trinajstić information content (AvgIpc) is 2.60. The summed E-state index contributed by atoms with van der Waals surface area (Å²) in [5.74, 6) is 0. The van der Waals surface area contributed by atoms with E-state index >= 15 is 0 Å². The van der Waals surface area contributed by atoms with Crippen LogP contribution in [-0.2, 0) is 0 Å². The van der Waals surface area contributed by atoms with Crippen LogP contribution in [0.3, 0.4) is 0 Å². The molecule has 7 heteroatoms. The van der Waals surface area contributed by atoms with Gasteiger partial charge in [0.15, 0.2) is 5.39 Å². The molecule has 0 amide bonds. The smallest absolute Gasteiger partial charge is 0.301 e. The van der Waals surface area contributed by atoms with Crippen LogP contribution >= 0.6 is 0 Å². The quantitative estimate of drug-likeness (QED) is 0.600. The number of H-pyrrole nitrogens is 1. The lowest BCUT2D eigenvalue weighted by atomic mass is 10.2. The third kappa shape index (κ3) is 1.30. The van der Waals surface area contributed by atoms with Crippen molar-refractivity contribution in [3.8, 4) is 0 Å². The Kier molecular flexibility index (Phi) is 1.86. The third-order valence-electron chi connectivity index (χ3n) is 2.06. The zero-order valence-corrected chi connectivity index (χ0v) is 7.34. The number of nitrogens with zero attached hydrogens (tertiary/aromatic N) is 2. The molecular formula is C8H5N3O4. The molecule has 0 bridgehead atoms. The van der Waals surface area contributed by atoms with Gasteiger partial charge < -0.3 is 4.98 Å². The summed E-state index contributed by atoms with van der Waals surface area (Å²) in [6.07, 6.45) is 1.15. The fourth-order valence-electron chi connectivity index (χ4n) is 1.44. The highest BCUT2D eigenvalue weighted by molar-refractivity contribution is 5.96. The molecule has 15 heavy (non-hydrogen) atoms. The van der Waals surface area contributed by atoms with E-state index in [4.69, 9.17) is 0 Å². The van der Waals surface area contributed by atoms with Crippen LogP contribution in [0.1, 0.15) is 0 Å². The summed E-state index contributed by atoms with van der Waals surface area (Å²) >= 11 is 0. The molecule has 0 aliphatic carbocycles. The van der Waals surface area contributed by atoms with Crippen LogP contribution in [0.25, 0.3) is 10.9 Å². The van der Waals surface area contributed by atoms with Crippen LogP contribution in [-0.4, -0.2) is 14.8 Å². The van der Waals surface area contributed by atoms with Gasteiger partial charge in [-0.1, -0.05) is 6.07 Å². The summed E-state index contributed by atoms with van der Waals surface area (Å²) in [6, 6.07) is 4.26. The van der Waals surface area contributed by atoms with Gasteiger partial charge in [0.25, 0.3) is 5.69 Å². The third-order valence-corrected chi connectivity index (χ3v) is 2.06. The molecular weight excluding hydrogens is 202 g/mol. The number of fused-ring (bicyclic) bond motifs is 1. The lowest BCUT2D eigenvalue weighted by Gasteiger charge is -1.93. The molecule has 1 N–H and O–H groups in total. The standard InChI is InChI=1S/C8H5N3O4/c12-10(13)6-3-1-2-5-8(6)7(4-9-5)11(14)15/h1-4,9H. The zero-order chi connectivity index (χ0) is 11.0. The van der Waals surface area contributed by atoms with E-state index in [2.05, 4.69) is 4.98 Å². The van der Waals surface area contributed by atoms with Gasteiger partial charge in [-0.25, -0.2) is 0 Å². The van der Waals surface area contributed by atoms with Crippen molar-refractivity contribution in [1.29, 1.82) is 0 Å². The van der Waals surface area contributed by atoms with Gasteiger partial charge in [-0.3, -0.25) is 20.2 Å². The maximum Gasteiger partial charge on any atom is 0.301 e. The average molecular weight is 207 g/mol. The Morgan fingerprint density at radius 3 is 2.33 bits per heavy atom. The van der Waals surface area contributed by atoms with Crippen LogP contribution < -0.4 is 0 Å². The normalized spacial score (nSPS) is 10.4. The van der Waals surface area contributed by atoms with E-state index in [0.29, 0.717) is 5.52 Å². The topological polar surface area (TPSA) is 102 Å². The van der Waals surface area contributed by atoms with Crippen molar-refractivity contribution in [2.75, 3.05) is 0 Å². The lowest BCUT2D eigenvalue weighted by Crippen LogP contribution is -1.91. The first-order valence-electron chi connectivity index (χ1n) is 4.00. The van der Waals surface area contributed by atoms with Crippen LogP contribution in [0.15, 0.2) is 24.4 Å². The van der Waals surface area contributed by atoms with Crippen molar-refractivity contribution in [2.45, 2.75) is 0 Å². The minimum Gasteiger partial charge on any atom is -0.355 e. The van der Waals surface area contributed by atoms with E-state index in [9.17, 15) is 20.2 Å². The Morgan fingerprint density at radius 1 is 1.07 bits per heavy atom. The van der Waals surface area contributed by atoms with Crippen molar-refractivity contribution < 1.29 is 9.85 Å². The second kappa shape index (κ2) is 3.05. The first-order valence-corrected chi connectivity index (χ1v) is 4.00. The summed E-state index contributed by atoms with van der Waals surface area (Å²) in [4.78, 5) is 22.6. The van der Waals surface area contributed by atoms with Crippen molar-refractivity contribution in [2.24, 2.45) is 0 Å². The van der Waals surface area contributed by atoms with Crippen LogP contribution in [0.2, 0.25) is 0 Å². The fourth-order valence-corrected chi connectivity index (χ4v) is 1.44. The molecule has 1 aromatic heterocycles. The summed E-state index contributed by atoms with van der Waals surface area (Å²) in [5, 5.41) is 21.3. The summed E-state index contributed by atoms with van der Waals surface area (Å²) < 4.78 is 0. The summed E-state index contributed by atoms with van der Waals surface area (Å²) in [6.45, 7) is 0. The Bertz CT molecular complexity index is 560. The van der Waals surface area contributed by atoms with Crippen molar-refractivity contribution in [1.82, 2.24) is 4.98 Å². The molecule has 2 rings (SSSR count). The molecule has 0 fully saturated rings. The van der Waals surface area contributed by atoms with Crippen LogP contribution in [0.4, 0.5) is 11.4 Å². The van der Waals surface area contributed by atoms with Crippen molar-refractivity contribution in [3.63, 3.8) is 0 Å². The molecule has 0 radical (unpaired) electrons. The first kappa shape index (κ1) is 9.13. The number of aromatic amines is 1. The zero-order valence-electron chi connectivity index (χ0n) is 7.34. The Morgan fingerprint density at radius 2 is 1.73 bits per heavy atom. The van der Waals surface area contributed by atoms with E-state index in [1.165, 1.54) is 12.1 Å². The molecule has 1 aromatic carbocycles. The van der Waals surface area contributed by atoms with Gasteiger partial charge >= 0.3 is 5.69 Å². The van der Waals surface area contributed by atoms with Gasteiger partial charge in [0.2, 0.25) is 0 Å². The number of non-ortho nitro benzene ring substituents is 1. The highest BCUT2D eigenvalue weighted by Crippen LogP contribution is 2.32. The van der Waals surface area contributed by atoms with Crippen molar-refractivity contribution >= 4 is 22.3 Å². The maximum absolute atomic E-state index is 10.7. The highest BCUT2D eigenvalue weighted by Gasteiger charge is 2.23. The second-order valence-corrected chi connectivity index (χ2v) is 2.89. The second-order valence-electron chi connectivity index (χ2n) is 2.89. The van der Waals surface area contributed by atoms with Gasteiger partial charge in [-0.15, -0.1) is 0 Å². The van der Waals surface area contributed by atoms with E-state index in [0.717, 1.165) is 6.20 Å². The lowest BCUT2D eigenvalue weighted by molar-refractivity contribution is -0.390. The minimum atomic E-state index is -0.647. The molecule has 0 saturated heterocycles. The number of nitro benzene ring substituents is 1. The predicted octanol–water partition coefficient (Wildman–Crippen LogP) is 1.98. The highest BCUT2D eigenvalue weighted by atomic mass is 16.6. The SMILES string of the molecule is O=[N+]([O-])c1cccc2[nH]cc([N+](=O)[O-])c12. The predicted molar refractivity (Wildman–Crippen MR) is 51.6 cm³/mol. The molecule has 2 aromatic rings.